The molecule has 6 nitrogen and oxygen atoms in total. The van der Waals surface area contributed by atoms with Crippen LogP contribution in [0.3, 0.4) is 0 Å². The predicted molar refractivity (Wildman–Crippen MR) is 70.4 cm³/mol. The van der Waals surface area contributed by atoms with Gasteiger partial charge in [-0.2, -0.15) is 0 Å². The van der Waals surface area contributed by atoms with Gasteiger partial charge < -0.3 is 9.30 Å². The summed E-state index contributed by atoms with van der Waals surface area (Å²) < 4.78 is 7.38. The predicted octanol–water partition coefficient (Wildman–Crippen LogP) is 2.91. The van der Waals surface area contributed by atoms with Crippen molar-refractivity contribution in [1.82, 2.24) is 9.55 Å². The largest absolute Gasteiger partial charge is 0.492 e. The summed E-state index contributed by atoms with van der Waals surface area (Å²) >= 11 is 5.92. The Bertz CT molecular complexity index is 557. The van der Waals surface area contributed by atoms with Crippen LogP contribution in [-0.4, -0.2) is 21.1 Å². The highest BCUT2D eigenvalue weighted by molar-refractivity contribution is 6.32. The van der Waals surface area contributed by atoms with Crippen molar-refractivity contribution in [3.8, 4) is 5.75 Å². The first-order valence-corrected chi connectivity index (χ1v) is 6.07. The molecule has 0 unspecified atom stereocenters. The van der Waals surface area contributed by atoms with E-state index >= 15 is 0 Å². The minimum atomic E-state index is -0.478. The fraction of sp³-hybridized carbons (Fsp3) is 0.250. The average molecular weight is 282 g/mol. The van der Waals surface area contributed by atoms with Crippen molar-refractivity contribution >= 4 is 17.3 Å². The molecule has 0 amide bonds. The zero-order valence-corrected chi connectivity index (χ0v) is 10.8. The maximum absolute atomic E-state index is 10.6. The van der Waals surface area contributed by atoms with Crippen LogP contribution in [0, 0.1) is 10.1 Å². The van der Waals surface area contributed by atoms with Crippen molar-refractivity contribution in [2.75, 3.05) is 6.61 Å². The van der Waals surface area contributed by atoms with E-state index in [-0.39, 0.29) is 5.69 Å². The number of ether oxygens (including phenoxy) is 1. The van der Waals surface area contributed by atoms with Crippen LogP contribution < -0.4 is 4.74 Å². The molecule has 1 aromatic heterocycles. The number of aryl methyl sites for hydroxylation is 1. The fourth-order valence-electron chi connectivity index (χ4n) is 1.56. The molecule has 0 spiro atoms. The van der Waals surface area contributed by atoms with Gasteiger partial charge in [0.1, 0.15) is 5.75 Å². The molecule has 0 fully saturated rings. The molecule has 0 aliphatic rings. The summed E-state index contributed by atoms with van der Waals surface area (Å²) in [6, 6.07) is 4.14. The smallest absolute Gasteiger partial charge is 0.273 e. The second kappa shape index (κ2) is 6.19. The van der Waals surface area contributed by atoms with E-state index in [0.29, 0.717) is 17.4 Å². The van der Waals surface area contributed by atoms with E-state index in [1.54, 1.807) is 12.5 Å². The first-order valence-electron chi connectivity index (χ1n) is 5.69. The Morgan fingerprint density at radius 1 is 1.47 bits per heavy atom. The molecular formula is C12H12ClN3O3. The Morgan fingerprint density at radius 3 is 3.00 bits per heavy atom. The number of imidazole rings is 1. The number of nitro groups is 1. The summed E-state index contributed by atoms with van der Waals surface area (Å²) in [4.78, 5) is 14.1. The molecule has 2 aromatic rings. The molecule has 100 valence electrons. The summed E-state index contributed by atoms with van der Waals surface area (Å²) in [5, 5.41) is 11.0. The SMILES string of the molecule is O=[N+]([O-])c1ccc(Cl)c(OCCCn2ccnc2)c1. The monoisotopic (exact) mass is 281 g/mol. The normalized spacial score (nSPS) is 10.4. The Kier molecular flexibility index (Phi) is 4.35. The Balaban J connectivity index is 1.88. The first-order chi connectivity index (χ1) is 9.16. The summed E-state index contributed by atoms with van der Waals surface area (Å²) in [5.41, 5.74) is -0.0333. The van der Waals surface area contributed by atoms with E-state index in [2.05, 4.69) is 4.98 Å². The number of aromatic nitrogens is 2. The minimum Gasteiger partial charge on any atom is -0.492 e. The van der Waals surface area contributed by atoms with Gasteiger partial charge in [0.15, 0.2) is 0 Å². The Labute approximate surface area is 114 Å². The van der Waals surface area contributed by atoms with Crippen molar-refractivity contribution in [3.63, 3.8) is 0 Å². The minimum absolute atomic E-state index is 0.0333. The number of non-ortho nitro benzene ring substituents is 1. The van der Waals surface area contributed by atoms with Gasteiger partial charge in [0.25, 0.3) is 5.69 Å². The second-order valence-electron chi connectivity index (χ2n) is 3.87. The van der Waals surface area contributed by atoms with Crippen molar-refractivity contribution in [1.29, 1.82) is 0 Å². The molecule has 0 N–H and O–H groups in total. The molecule has 0 bridgehead atoms. The van der Waals surface area contributed by atoms with Gasteiger partial charge in [-0.1, -0.05) is 11.6 Å². The third-order valence-electron chi connectivity index (χ3n) is 2.50. The van der Waals surface area contributed by atoms with E-state index in [0.717, 1.165) is 13.0 Å². The van der Waals surface area contributed by atoms with Crippen molar-refractivity contribution in [2.45, 2.75) is 13.0 Å². The molecular weight excluding hydrogens is 270 g/mol. The molecule has 0 saturated carbocycles. The highest BCUT2D eigenvalue weighted by atomic mass is 35.5. The molecule has 1 aromatic carbocycles. The molecule has 1 heterocycles. The molecule has 0 saturated heterocycles. The zero-order valence-electron chi connectivity index (χ0n) is 10.0. The lowest BCUT2D eigenvalue weighted by atomic mass is 10.3. The lowest BCUT2D eigenvalue weighted by Crippen LogP contribution is -2.03. The number of nitrogens with zero attached hydrogens (tertiary/aromatic N) is 3. The van der Waals surface area contributed by atoms with E-state index in [1.165, 1.54) is 18.2 Å². The molecule has 2 rings (SSSR count). The lowest BCUT2D eigenvalue weighted by molar-refractivity contribution is -0.384. The van der Waals surface area contributed by atoms with Gasteiger partial charge in [-0.25, -0.2) is 4.98 Å². The van der Waals surface area contributed by atoms with Crippen molar-refractivity contribution in [3.05, 3.63) is 52.1 Å². The van der Waals surface area contributed by atoms with Gasteiger partial charge in [0.2, 0.25) is 0 Å². The third kappa shape index (κ3) is 3.69. The van der Waals surface area contributed by atoms with Crippen LogP contribution in [-0.2, 0) is 6.54 Å². The summed E-state index contributed by atoms with van der Waals surface area (Å²) in [7, 11) is 0. The number of rotatable bonds is 6. The highest BCUT2D eigenvalue weighted by Crippen LogP contribution is 2.28. The van der Waals surface area contributed by atoms with Gasteiger partial charge in [-0.05, 0) is 12.5 Å². The summed E-state index contributed by atoms with van der Waals surface area (Å²) in [5.74, 6) is 0.335. The Hall–Kier alpha value is -2.08. The van der Waals surface area contributed by atoms with Crippen LogP contribution in [0.2, 0.25) is 5.02 Å². The maximum Gasteiger partial charge on any atom is 0.273 e. The van der Waals surface area contributed by atoms with Crippen LogP contribution in [0.15, 0.2) is 36.9 Å². The third-order valence-corrected chi connectivity index (χ3v) is 2.82. The van der Waals surface area contributed by atoms with Crippen molar-refractivity contribution < 1.29 is 9.66 Å². The van der Waals surface area contributed by atoms with E-state index < -0.39 is 4.92 Å². The van der Waals surface area contributed by atoms with Crippen LogP contribution in [0.4, 0.5) is 5.69 Å². The van der Waals surface area contributed by atoms with Gasteiger partial charge in [-0.15, -0.1) is 0 Å². The molecule has 19 heavy (non-hydrogen) atoms. The average Bonchev–Trinajstić information content (AvgIpc) is 2.89. The number of nitro benzene ring substituents is 1. The lowest BCUT2D eigenvalue weighted by Gasteiger charge is -2.08. The molecule has 0 aliphatic heterocycles. The standard InChI is InChI=1S/C12H12ClN3O3/c13-11-3-2-10(16(17)18)8-12(11)19-7-1-5-15-6-4-14-9-15/h2-4,6,8-9H,1,5,7H2. The number of halogens is 1. The van der Waals surface area contributed by atoms with E-state index in [1.807, 2.05) is 10.8 Å². The topological polar surface area (TPSA) is 70.2 Å². The summed E-state index contributed by atoms with van der Waals surface area (Å²) in [6.07, 6.45) is 6.05. The Morgan fingerprint density at radius 2 is 2.32 bits per heavy atom. The molecule has 0 atom stereocenters. The molecule has 0 aliphatic carbocycles. The van der Waals surface area contributed by atoms with Crippen LogP contribution >= 0.6 is 11.6 Å². The fourth-order valence-corrected chi connectivity index (χ4v) is 1.74. The number of benzene rings is 1. The van der Waals surface area contributed by atoms with Crippen LogP contribution in [0.5, 0.6) is 5.75 Å². The number of hydrogen-bond donors (Lipinski definition) is 0. The number of hydrogen-bond acceptors (Lipinski definition) is 4. The molecule has 0 radical (unpaired) electrons. The second-order valence-corrected chi connectivity index (χ2v) is 4.28. The first kappa shape index (κ1) is 13.4. The van der Waals surface area contributed by atoms with E-state index in [4.69, 9.17) is 16.3 Å². The van der Waals surface area contributed by atoms with Crippen molar-refractivity contribution in [2.24, 2.45) is 0 Å². The molecule has 7 heteroatoms. The summed E-state index contributed by atoms with van der Waals surface area (Å²) in [6.45, 7) is 1.20. The van der Waals surface area contributed by atoms with Gasteiger partial charge in [-0.3, -0.25) is 10.1 Å². The van der Waals surface area contributed by atoms with E-state index in [9.17, 15) is 10.1 Å². The van der Waals surface area contributed by atoms with Gasteiger partial charge >= 0.3 is 0 Å². The van der Waals surface area contributed by atoms with Gasteiger partial charge in [0, 0.05) is 25.0 Å². The highest BCUT2D eigenvalue weighted by Gasteiger charge is 2.10. The quantitative estimate of drug-likeness (QED) is 0.464. The van der Waals surface area contributed by atoms with Crippen LogP contribution in [0.25, 0.3) is 0 Å². The van der Waals surface area contributed by atoms with Gasteiger partial charge in [0.05, 0.1) is 28.9 Å². The zero-order chi connectivity index (χ0) is 13.7. The van der Waals surface area contributed by atoms with Crippen LogP contribution in [0.1, 0.15) is 6.42 Å². The maximum atomic E-state index is 10.6.